The van der Waals surface area contributed by atoms with E-state index in [1.54, 1.807) is 18.2 Å². The molecule has 23 heavy (non-hydrogen) atoms. The fourth-order valence-corrected chi connectivity index (χ4v) is 1.72. The fraction of sp³-hybridized carbons (Fsp3) is 0.0714. The first-order chi connectivity index (χ1) is 10.8. The lowest BCUT2D eigenvalue weighted by atomic mass is 10.1. The van der Waals surface area contributed by atoms with Gasteiger partial charge in [0.1, 0.15) is 11.4 Å². The van der Waals surface area contributed by atoms with E-state index in [1.807, 2.05) is 0 Å². The molecule has 6 nitrogen and oxygen atoms in total. The molecular weight excluding hydrogens is 315 g/mol. The number of anilines is 1. The summed E-state index contributed by atoms with van der Waals surface area (Å²) in [6.45, 7) is 0. The number of benzene rings is 2. The highest BCUT2D eigenvalue weighted by Gasteiger charge is 2.33. The molecule has 2 rings (SSSR count). The van der Waals surface area contributed by atoms with Gasteiger partial charge in [-0.25, -0.2) is 0 Å². The van der Waals surface area contributed by atoms with Gasteiger partial charge in [0.2, 0.25) is 0 Å². The van der Waals surface area contributed by atoms with Crippen LogP contribution in [0.25, 0.3) is 0 Å². The van der Waals surface area contributed by atoms with E-state index in [4.69, 9.17) is 0 Å². The van der Waals surface area contributed by atoms with Crippen molar-refractivity contribution in [1.82, 2.24) is 0 Å². The molecule has 0 aliphatic carbocycles. The number of hydrogen-bond acceptors (Lipinski definition) is 5. The molecule has 0 aliphatic rings. The normalized spacial score (nSPS) is 11.6. The van der Waals surface area contributed by atoms with Crippen LogP contribution < -0.4 is 5.43 Å². The largest absolute Gasteiger partial charge is 0.507 e. The Balaban J connectivity index is 2.26. The van der Waals surface area contributed by atoms with E-state index in [0.717, 1.165) is 6.07 Å². The van der Waals surface area contributed by atoms with Crippen molar-refractivity contribution < 1.29 is 23.2 Å². The van der Waals surface area contributed by atoms with Crippen molar-refractivity contribution in [2.75, 3.05) is 5.43 Å². The van der Waals surface area contributed by atoms with Crippen LogP contribution in [-0.4, -0.2) is 16.2 Å². The molecule has 0 saturated carbocycles. The van der Waals surface area contributed by atoms with Crippen LogP contribution in [0.1, 0.15) is 11.1 Å². The number of nitro benzene ring substituents is 1. The van der Waals surface area contributed by atoms with Gasteiger partial charge in [-0.3, -0.25) is 15.5 Å². The van der Waals surface area contributed by atoms with Gasteiger partial charge in [0.25, 0.3) is 5.69 Å². The third-order valence-corrected chi connectivity index (χ3v) is 2.85. The fourth-order valence-electron chi connectivity index (χ4n) is 1.72. The maximum absolute atomic E-state index is 12.6. The van der Waals surface area contributed by atoms with Gasteiger partial charge in [0, 0.05) is 11.6 Å². The lowest BCUT2D eigenvalue weighted by Crippen LogP contribution is -2.06. The first kappa shape index (κ1) is 16.3. The van der Waals surface area contributed by atoms with Crippen LogP contribution in [-0.2, 0) is 6.18 Å². The Morgan fingerprint density at radius 3 is 2.52 bits per heavy atom. The molecule has 0 fully saturated rings. The van der Waals surface area contributed by atoms with Gasteiger partial charge in [-0.15, -0.1) is 0 Å². The molecule has 0 atom stereocenters. The van der Waals surface area contributed by atoms with Gasteiger partial charge in [0.15, 0.2) is 0 Å². The number of phenols is 1. The van der Waals surface area contributed by atoms with Crippen LogP contribution in [0.2, 0.25) is 0 Å². The number of alkyl halides is 3. The summed E-state index contributed by atoms with van der Waals surface area (Å²) in [6, 6.07) is 8.26. The molecule has 0 spiro atoms. The average Bonchev–Trinajstić information content (AvgIpc) is 2.48. The number of halogens is 3. The highest BCUT2D eigenvalue weighted by Crippen LogP contribution is 2.34. The van der Waals surface area contributed by atoms with Crippen molar-refractivity contribution in [2.24, 2.45) is 5.10 Å². The molecule has 2 aromatic carbocycles. The van der Waals surface area contributed by atoms with Crippen molar-refractivity contribution in [1.29, 1.82) is 0 Å². The molecular formula is C14H10F3N3O3. The maximum atomic E-state index is 12.6. The SMILES string of the molecule is O=[N+]([O-])c1cc(C(F)(F)F)ccc1N/N=C\c1ccccc1O. The van der Waals surface area contributed by atoms with Crippen molar-refractivity contribution in [3.05, 3.63) is 63.7 Å². The number of aromatic hydroxyl groups is 1. The molecule has 0 amide bonds. The van der Waals surface area contributed by atoms with E-state index in [1.165, 1.54) is 12.3 Å². The van der Waals surface area contributed by atoms with Gasteiger partial charge < -0.3 is 5.11 Å². The number of nitro groups is 1. The maximum Gasteiger partial charge on any atom is 0.416 e. The Morgan fingerprint density at radius 2 is 1.91 bits per heavy atom. The molecule has 0 aromatic heterocycles. The predicted octanol–water partition coefficient (Wildman–Crippen LogP) is 3.77. The Kier molecular flexibility index (Phi) is 4.49. The summed E-state index contributed by atoms with van der Waals surface area (Å²) in [5, 5.41) is 24.1. The van der Waals surface area contributed by atoms with E-state index in [-0.39, 0.29) is 11.4 Å². The van der Waals surface area contributed by atoms with Crippen LogP contribution in [0.5, 0.6) is 5.75 Å². The second-order valence-corrected chi connectivity index (χ2v) is 4.42. The minimum Gasteiger partial charge on any atom is -0.507 e. The Morgan fingerprint density at radius 1 is 1.22 bits per heavy atom. The second kappa shape index (κ2) is 6.34. The molecule has 0 unspecified atom stereocenters. The molecule has 2 aromatic rings. The van der Waals surface area contributed by atoms with E-state index in [2.05, 4.69) is 10.5 Å². The van der Waals surface area contributed by atoms with Crippen LogP contribution in [0.4, 0.5) is 24.5 Å². The molecule has 9 heteroatoms. The second-order valence-electron chi connectivity index (χ2n) is 4.42. The van der Waals surface area contributed by atoms with E-state index < -0.39 is 22.4 Å². The molecule has 0 bridgehead atoms. The Labute approximate surface area is 128 Å². The van der Waals surface area contributed by atoms with Gasteiger partial charge in [-0.1, -0.05) is 12.1 Å². The van der Waals surface area contributed by atoms with E-state index >= 15 is 0 Å². The quantitative estimate of drug-likeness (QED) is 0.509. The minimum absolute atomic E-state index is 0.0556. The van der Waals surface area contributed by atoms with Crippen molar-refractivity contribution in [3.8, 4) is 5.75 Å². The third kappa shape index (κ3) is 3.96. The molecule has 120 valence electrons. The van der Waals surface area contributed by atoms with Crippen LogP contribution in [0.15, 0.2) is 47.6 Å². The number of nitrogens with zero attached hydrogens (tertiary/aromatic N) is 2. The number of phenolic OH excluding ortho intramolecular Hbond substituents is 1. The Hall–Kier alpha value is -3.10. The number of hydrogen-bond donors (Lipinski definition) is 2. The lowest BCUT2D eigenvalue weighted by Gasteiger charge is -2.08. The number of rotatable bonds is 4. The van der Waals surface area contributed by atoms with Crippen molar-refractivity contribution >= 4 is 17.6 Å². The summed E-state index contributed by atoms with van der Waals surface area (Å²) in [5.74, 6) is -0.0556. The summed E-state index contributed by atoms with van der Waals surface area (Å²) in [4.78, 5) is 9.96. The van der Waals surface area contributed by atoms with Crippen LogP contribution in [0.3, 0.4) is 0 Å². The zero-order chi connectivity index (χ0) is 17.0. The number of nitrogens with one attached hydrogen (secondary N) is 1. The summed E-state index contributed by atoms with van der Waals surface area (Å²) < 4.78 is 37.7. The zero-order valence-corrected chi connectivity index (χ0v) is 11.4. The topological polar surface area (TPSA) is 87.8 Å². The molecule has 0 aliphatic heterocycles. The van der Waals surface area contributed by atoms with Crippen molar-refractivity contribution in [3.63, 3.8) is 0 Å². The van der Waals surface area contributed by atoms with E-state index in [0.29, 0.717) is 17.7 Å². The lowest BCUT2D eigenvalue weighted by molar-refractivity contribution is -0.384. The summed E-state index contributed by atoms with van der Waals surface area (Å²) >= 11 is 0. The highest BCUT2D eigenvalue weighted by atomic mass is 19.4. The molecule has 0 saturated heterocycles. The molecule has 2 N–H and O–H groups in total. The summed E-state index contributed by atoms with van der Waals surface area (Å²) in [5.41, 5.74) is 0.560. The van der Waals surface area contributed by atoms with Crippen LogP contribution in [0, 0.1) is 10.1 Å². The summed E-state index contributed by atoms with van der Waals surface area (Å²) in [6.07, 6.45) is -3.49. The highest BCUT2D eigenvalue weighted by molar-refractivity contribution is 5.84. The minimum atomic E-state index is -4.68. The van der Waals surface area contributed by atoms with Gasteiger partial charge >= 0.3 is 6.18 Å². The first-order valence-electron chi connectivity index (χ1n) is 6.22. The van der Waals surface area contributed by atoms with Crippen LogP contribution >= 0.6 is 0 Å². The zero-order valence-electron chi connectivity index (χ0n) is 11.4. The molecule has 0 heterocycles. The number of hydrazone groups is 1. The summed E-state index contributed by atoms with van der Waals surface area (Å²) in [7, 11) is 0. The van der Waals surface area contributed by atoms with E-state index in [9.17, 15) is 28.4 Å². The van der Waals surface area contributed by atoms with Gasteiger partial charge in [0.05, 0.1) is 16.7 Å². The van der Waals surface area contributed by atoms with Gasteiger partial charge in [-0.2, -0.15) is 18.3 Å². The smallest absolute Gasteiger partial charge is 0.416 e. The third-order valence-electron chi connectivity index (χ3n) is 2.85. The predicted molar refractivity (Wildman–Crippen MR) is 77.4 cm³/mol. The first-order valence-corrected chi connectivity index (χ1v) is 6.22. The molecule has 0 radical (unpaired) electrons. The Bertz CT molecular complexity index is 760. The van der Waals surface area contributed by atoms with Gasteiger partial charge in [-0.05, 0) is 24.3 Å². The van der Waals surface area contributed by atoms with Crippen molar-refractivity contribution in [2.45, 2.75) is 6.18 Å². The average molecular weight is 325 g/mol. The number of para-hydroxylation sites is 1. The standard InChI is InChI=1S/C14H10F3N3O3/c15-14(16,17)10-5-6-11(12(7-10)20(22)23)19-18-8-9-3-1-2-4-13(9)21/h1-8,19,21H/b18-8-. The monoisotopic (exact) mass is 325 g/mol.